The van der Waals surface area contributed by atoms with Crippen molar-refractivity contribution >= 4 is 0 Å². The Morgan fingerprint density at radius 2 is 2.35 bits per heavy atom. The molecule has 0 saturated carbocycles. The summed E-state index contributed by atoms with van der Waals surface area (Å²) in [5, 5.41) is 17.9. The second kappa shape index (κ2) is 4.80. The first-order chi connectivity index (χ1) is 8.15. The largest absolute Gasteiger partial charge is 0.394 e. The van der Waals surface area contributed by atoms with Crippen molar-refractivity contribution in [2.45, 2.75) is 24.8 Å². The molecule has 2 rings (SSSR count). The van der Waals surface area contributed by atoms with Crippen LogP contribution in [-0.4, -0.2) is 38.6 Å². The number of aromatic nitrogens is 2. The van der Waals surface area contributed by atoms with E-state index in [0.29, 0.717) is 6.42 Å². The maximum Gasteiger partial charge on any atom is 0.330 e. The van der Waals surface area contributed by atoms with Crippen LogP contribution < -0.4 is 16.7 Å². The maximum absolute atomic E-state index is 11.5. The fourth-order valence-corrected chi connectivity index (χ4v) is 1.86. The number of ether oxygens (including phenoxy) is 1. The highest BCUT2D eigenvalue weighted by Gasteiger charge is 2.35. The number of H-pyrrole nitrogens is 1. The highest BCUT2D eigenvalue weighted by molar-refractivity contribution is 4.89. The van der Waals surface area contributed by atoms with E-state index in [1.165, 1.54) is 16.8 Å². The van der Waals surface area contributed by atoms with E-state index >= 15 is 0 Å². The smallest absolute Gasteiger partial charge is 0.330 e. The lowest BCUT2D eigenvalue weighted by Gasteiger charge is -2.14. The summed E-state index contributed by atoms with van der Waals surface area (Å²) in [4.78, 5) is 24.5. The van der Waals surface area contributed by atoms with Crippen LogP contribution in [0.5, 0.6) is 0 Å². The minimum atomic E-state index is -0.624. The third kappa shape index (κ3) is 2.29. The summed E-state index contributed by atoms with van der Waals surface area (Å²) in [6.45, 7) is -0.271. The second-order valence-electron chi connectivity index (χ2n) is 3.80. The number of aliphatic hydroxyl groups is 1. The minimum Gasteiger partial charge on any atom is -0.394 e. The summed E-state index contributed by atoms with van der Waals surface area (Å²) < 4.78 is 6.60. The van der Waals surface area contributed by atoms with Crippen molar-refractivity contribution < 1.29 is 15.1 Å². The van der Waals surface area contributed by atoms with E-state index in [1.807, 2.05) is 5.48 Å². The maximum atomic E-state index is 11.5. The number of nitrogens with zero attached hydrogens (tertiary/aromatic N) is 1. The summed E-state index contributed by atoms with van der Waals surface area (Å²) in [5.74, 6) is 0. The molecule has 8 heteroatoms. The van der Waals surface area contributed by atoms with Gasteiger partial charge in [-0.25, -0.2) is 4.79 Å². The number of aliphatic hydroxyl groups excluding tert-OH is 1. The van der Waals surface area contributed by atoms with E-state index < -0.39 is 29.6 Å². The Morgan fingerprint density at radius 3 is 2.88 bits per heavy atom. The minimum absolute atomic E-state index is 0.271. The molecule has 8 nitrogen and oxygen atoms in total. The van der Waals surface area contributed by atoms with Crippen molar-refractivity contribution in [3.63, 3.8) is 0 Å². The molecule has 0 aliphatic carbocycles. The lowest BCUT2D eigenvalue weighted by Crippen LogP contribution is -2.36. The summed E-state index contributed by atoms with van der Waals surface area (Å²) >= 11 is 0. The summed E-state index contributed by atoms with van der Waals surface area (Å²) in [7, 11) is 0. The molecule has 1 aromatic rings. The molecule has 0 radical (unpaired) electrons. The zero-order chi connectivity index (χ0) is 12.4. The number of nitrogens with one attached hydrogen (secondary N) is 2. The van der Waals surface area contributed by atoms with Crippen molar-refractivity contribution in [2.75, 3.05) is 6.61 Å². The normalized spacial score (nSPS) is 28.5. The molecular formula is C9H13N3O5. The molecule has 2 heterocycles. The molecule has 4 N–H and O–H groups in total. The fraction of sp³-hybridized carbons (Fsp3) is 0.556. The van der Waals surface area contributed by atoms with E-state index in [9.17, 15) is 9.59 Å². The van der Waals surface area contributed by atoms with Gasteiger partial charge in [0.05, 0.1) is 12.6 Å². The molecule has 0 aromatic carbocycles. The lowest BCUT2D eigenvalue weighted by molar-refractivity contribution is -0.0378. The number of hydrogen-bond donors (Lipinski definition) is 4. The first-order valence-corrected chi connectivity index (χ1v) is 5.13. The number of hydroxylamine groups is 1. The van der Waals surface area contributed by atoms with Crippen molar-refractivity contribution in [1.29, 1.82) is 0 Å². The van der Waals surface area contributed by atoms with Gasteiger partial charge in [0.2, 0.25) is 0 Å². The Labute approximate surface area is 95.4 Å². The van der Waals surface area contributed by atoms with Crippen LogP contribution in [0.4, 0.5) is 0 Å². The highest BCUT2D eigenvalue weighted by Crippen LogP contribution is 2.26. The first-order valence-electron chi connectivity index (χ1n) is 5.13. The molecule has 0 amide bonds. The Morgan fingerprint density at radius 1 is 1.59 bits per heavy atom. The first kappa shape index (κ1) is 12.0. The molecule has 0 bridgehead atoms. The molecule has 1 aromatic heterocycles. The molecule has 17 heavy (non-hydrogen) atoms. The molecule has 1 saturated heterocycles. The van der Waals surface area contributed by atoms with Gasteiger partial charge >= 0.3 is 5.69 Å². The zero-order valence-electron chi connectivity index (χ0n) is 8.87. The van der Waals surface area contributed by atoms with Crippen LogP contribution in [-0.2, 0) is 4.74 Å². The predicted octanol–water partition coefficient (Wildman–Crippen LogP) is -1.84. The van der Waals surface area contributed by atoms with Gasteiger partial charge in [0.15, 0.2) is 0 Å². The number of hydrogen-bond acceptors (Lipinski definition) is 6. The molecule has 1 aliphatic rings. The van der Waals surface area contributed by atoms with Gasteiger partial charge in [-0.1, -0.05) is 0 Å². The van der Waals surface area contributed by atoms with Crippen LogP contribution >= 0.6 is 0 Å². The van der Waals surface area contributed by atoms with E-state index in [1.54, 1.807) is 0 Å². The van der Waals surface area contributed by atoms with Gasteiger partial charge in [0.1, 0.15) is 12.3 Å². The number of aromatic amines is 1. The summed E-state index contributed by atoms with van der Waals surface area (Å²) in [5.41, 5.74) is 0.951. The van der Waals surface area contributed by atoms with Crippen molar-refractivity contribution in [3.05, 3.63) is 33.1 Å². The summed E-state index contributed by atoms with van der Waals surface area (Å²) in [6, 6.07) is 0.752. The quantitative estimate of drug-likeness (QED) is 0.464. The van der Waals surface area contributed by atoms with Gasteiger partial charge in [0.25, 0.3) is 5.56 Å². The van der Waals surface area contributed by atoms with Crippen LogP contribution in [0.25, 0.3) is 0 Å². The van der Waals surface area contributed by atoms with Gasteiger partial charge < -0.3 is 15.1 Å². The molecule has 94 valence electrons. The van der Waals surface area contributed by atoms with Gasteiger partial charge in [-0.15, -0.1) is 0 Å². The monoisotopic (exact) mass is 243 g/mol. The van der Waals surface area contributed by atoms with Gasteiger partial charge in [-0.3, -0.25) is 14.3 Å². The Bertz CT molecular complexity index is 484. The SMILES string of the molecule is O=c1ccn([C@H]2C[C@H](NO)[C@@H](CO)O2)c(=O)[nH]1. The topological polar surface area (TPSA) is 117 Å². The lowest BCUT2D eigenvalue weighted by atomic mass is 10.1. The highest BCUT2D eigenvalue weighted by atomic mass is 16.5. The zero-order valence-corrected chi connectivity index (χ0v) is 8.87. The van der Waals surface area contributed by atoms with Crippen LogP contribution in [0.3, 0.4) is 0 Å². The van der Waals surface area contributed by atoms with E-state index in [0.717, 1.165) is 0 Å². The van der Waals surface area contributed by atoms with Crippen molar-refractivity contribution in [3.8, 4) is 0 Å². The third-order valence-corrected chi connectivity index (χ3v) is 2.74. The number of rotatable bonds is 3. The van der Waals surface area contributed by atoms with Crippen LogP contribution in [0.15, 0.2) is 21.9 Å². The van der Waals surface area contributed by atoms with E-state index in [-0.39, 0.29) is 6.61 Å². The van der Waals surface area contributed by atoms with E-state index in [2.05, 4.69) is 4.98 Å². The third-order valence-electron chi connectivity index (χ3n) is 2.74. The Balaban J connectivity index is 2.25. The standard InChI is InChI=1S/C9H13N3O5/c13-4-6-5(11-16)3-8(17-6)12-2-1-7(14)10-9(12)15/h1-2,5-6,8,11,13,16H,3-4H2,(H,10,14,15)/t5-,6+,8+/m0/s1. The van der Waals surface area contributed by atoms with E-state index in [4.69, 9.17) is 15.1 Å². The fourth-order valence-electron chi connectivity index (χ4n) is 1.86. The van der Waals surface area contributed by atoms with Gasteiger partial charge in [-0.2, -0.15) is 5.48 Å². The average Bonchev–Trinajstić information content (AvgIpc) is 2.72. The average molecular weight is 243 g/mol. The molecule has 1 aliphatic heterocycles. The van der Waals surface area contributed by atoms with Crippen molar-refractivity contribution in [2.24, 2.45) is 0 Å². The predicted molar refractivity (Wildman–Crippen MR) is 55.6 cm³/mol. The molecular weight excluding hydrogens is 230 g/mol. The molecule has 1 fully saturated rings. The summed E-state index contributed by atoms with van der Waals surface area (Å²) in [6.07, 6.45) is 0.415. The molecule has 0 unspecified atom stereocenters. The van der Waals surface area contributed by atoms with Crippen LogP contribution in [0, 0.1) is 0 Å². The van der Waals surface area contributed by atoms with Gasteiger partial charge in [-0.05, 0) is 0 Å². The molecule has 0 spiro atoms. The van der Waals surface area contributed by atoms with Gasteiger partial charge in [0, 0.05) is 18.7 Å². The second-order valence-corrected chi connectivity index (χ2v) is 3.80. The van der Waals surface area contributed by atoms with Crippen LogP contribution in [0.2, 0.25) is 0 Å². The Kier molecular flexibility index (Phi) is 3.38. The van der Waals surface area contributed by atoms with Crippen LogP contribution in [0.1, 0.15) is 12.6 Å². The molecule has 3 atom stereocenters. The van der Waals surface area contributed by atoms with Crippen molar-refractivity contribution in [1.82, 2.24) is 15.0 Å². The Hall–Kier alpha value is -1.48.